The van der Waals surface area contributed by atoms with E-state index in [4.69, 9.17) is 23.2 Å². The lowest BCUT2D eigenvalue weighted by Gasteiger charge is -2.05. The van der Waals surface area contributed by atoms with E-state index in [-0.39, 0.29) is 5.02 Å². The van der Waals surface area contributed by atoms with E-state index in [0.29, 0.717) is 16.6 Å². The Hall–Kier alpha value is -2.37. The van der Waals surface area contributed by atoms with Gasteiger partial charge in [-0.3, -0.25) is 9.59 Å². The first-order valence-corrected chi connectivity index (χ1v) is 8.32. The first kappa shape index (κ1) is 19.0. The van der Waals surface area contributed by atoms with Gasteiger partial charge in [0, 0.05) is 5.69 Å². The summed E-state index contributed by atoms with van der Waals surface area (Å²) >= 11 is 11.6. The molecule has 0 unspecified atom stereocenters. The van der Waals surface area contributed by atoms with Gasteiger partial charge in [-0.05, 0) is 35.2 Å². The number of amides is 2. The van der Waals surface area contributed by atoms with Gasteiger partial charge in [-0.25, -0.2) is 5.43 Å². The van der Waals surface area contributed by atoms with Gasteiger partial charge >= 0.3 is 11.8 Å². The van der Waals surface area contributed by atoms with Crippen LogP contribution in [0, 0.1) is 0 Å². The zero-order valence-corrected chi connectivity index (χ0v) is 15.2. The SMILES string of the molecule is CC(C)c1ccc(/C=N\NC(=O)C(=O)Nc2ccc(Cl)c(Cl)c2)cc1. The Morgan fingerprint density at radius 3 is 2.28 bits per heavy atom. The summed E-state index contributed by atoms with van der Waals surface area (Å²) in [6, 6.07) is 12.3. The number of benzene rings is 2. The summed E-state index contributed by atoms with van der Waals surface area (Å²) in [4.78, 5) is 23.5. The third-order valence-corrected chi connectivity index (χ3v) is 4.11. The zero-order chi connectivity index (χ0) is 18.4. The van der Waals surface area contributed by atoms with Gasteiger partial charge in [0.15, 0.2) is 0 Å². The quantitative estimate of drug-likeness (QED) is 0.476. The van der Waals surface area contributed by atoms with Crippen molar-refractivity contribution in [2.24, 2.45) is 5.10 Å². The predicted octanol–water partition coefficient (Wildman–Crippen LogP) is 4.21. The molecule has 2 aromatic rings. The molecule has 2 aromatic carbocycles. The highest BCUT2D eigenvalue weighted by atomic mass is 35.5. The summed E-state index contributed by atoms with van der Waals surface area (Å²) in [5.41, 5.74) is 4.56. The number of anilines is 1. The fourth-order valence-electron chi connectivity index (χ4n) is 1.94. The van der Waals surface area contributed by atoms with Gasteiger partial charge < -0.3 is 5.32 Å². The minimum atomic E-state index is -0.888. The number of carbonyl (C=O) groups is 2. The van der Waals surface area contributed by atoms with Crippen LogP contribution in [0.2, 0.25) is 10.0 Å². The normalized spacial score (nSPS) is 10.9. The predicted molar refractivity (Wildman–Crippen MR) is 101 cm³/mol. The Bertz CT molecular complexity index is 802. The van der Waals surface area contributed by atoms with Crippen LogP contribution in [0.1, 0.15) is 30.9 Å². The smallest absolute Gasteiger partial charge is 0.318 e. The molecule has 2 amide bonds. The Labute approximate surface area is 156 Å². The summed E-state index contributed by atoms with van der Waals surface area (Å²) in [6.45, 7) is 4.21. The van der Waals surface area contributed by atoms with Crippen molar-refractivity contribution in [3.05, 3.63) is 63.6 Å². The van der Waals surface area contributed by atoms with Crippen LogP contribution in [0.15, 0.2) is 47.6 Å². The van der Waals surface area contributed by atoms with E-state index in [0.717, 1.165) is 5.56 Å². The molecule has 0 heterocycles. The van der Waals surface area contributed by atoms with Gasteiger partial charge in [-0.2, -0.15) is 5.10 Å². The van der Waals surface area contributed by atoms with Gasteiger partial charge in [0.05, 0.1) is 16.3 Å². The number of halogens is 2. The second-order valence-electron chi connectivity index (χ2n) is 5.60. The van der Waals surface area contributed by atoms with Gasteiger partial charge in [-0.1, -0.05) is 61.3 Å². The first-order valence-electron chi connectivity index (χ1n) is 7.56. The fourth-order valence-corrected chi connectivity index (χ4v) is 2.24. The van der Waals surface area contributed by atoms with E-state index in [9.17, 15) is 9.59 Å². The molecule has 0 aliphatic rings. The number of hydrogen-bond acceptors (Lipinski definition) is 3. The molecule has 0 atom stereocenters. The Morgan fingerprint density at radius 2 is 1.68 bits per heavy atom. The number of hydrazone groups is 1. The molecule has 25 heavy (non-hydrogen) atoms. The zero-order valence-electron chi connectivity index (χ0n) is 13.7. The molecule has 0 bridgehead atoms. The Balaban J connectivity index is 1.90. The molecule has 0 aromatic heterocycles. The fraction of sp³-hybridized carbons (Fsp3) is 0.167. The first-order chi connectivity index (χ1) is 11.9. The number of nitrogens with zero attached hydrogens (tertiary/aromatic N) is 1. The molecule has 7 heteroatoms. The van der Waals surface area contributed by atoms with Gasteiger partial charge in [0.25, 0.3) is 0 Å². The molecule has 130 valence electrons. The second kappa shape index (κ2) is 8.65. The molecule has 0 saturated heterocycles. The second-order valence-corrected chi connectivity index (χ2v) is 6.42. The van der Waals surface area contributed by atoms with Crippen molar-refractivity contribution in [3.8, 4) is 0 Å². The molecule has 0 aliphatic heterocycles. The molecule has 2 rings (SSSR count). The molecule has 0 saturated carbocycles. The third-order valence-electron chi connectivity index (χ3n) is 3.37. The monoisotopic (exact) mass is 377 g/mol. The molecule has 5 nitrogen and oxygen atoms in total. The van der Waals surface area contributed by atoms with Crippen LogP contribution >= 0.6 is 23.2 Å². The largest absolute Gasteiger partial charge is 0.329 e. The lowest BCUT2D eigenvalue weighted by atomic mass is 10.0. The van der Waals surface area contributed by atoms with Crippen molar-refractivity contribution in [2.45, 2.75) is 19.8 Å². The summed E-state index contributed by atoms with van der Waals surface area (Å²) in [6.07, 6.45) is 1.47. The van der Waals surface area contributed by atoms with Crippen molar-refractivity contribution in [1.29, 1.82) is 0 Å². The van der Waals surface area contributed by atoms with E-state index in [1.165, 1.54) is 23.9 Å². The molecule has 0 fully saturated rings. The lowest BCUT2D eigenvalue weighted by molar-refractivity contribution is -0.136. The molecule has 2 N–H and O–H groups in total. The highest BCUT2D eigenvalue weighted by Gasteiger charge is 2.13. The highest BCUT2D eigenvalue weighted by molar-refractivity contribution is 6.42. The maximum atomic E-state index is 11.8. The van der Waals surface area contributed by atoms with Crippen molar-refractivity contribution >= 4 is 46.9 Å². The maximum Gasteiger partial charge on any atom is 0.329 e. The number of nitrogens with one attached hydrogen (secondary N) is 2. The highest BCUT2D eigenvalue weighted by Crippen LogP contribution is 2.24. The Kier molecular flexibility index (Phi) is 6.56. The molecular formula is C18H17Cl2N3O2. The maximum absolute atomic E-state index is 11.8. The number of rotatable bonds is 4. The van der Waals surface area contributed by atoms with E-state index in [1.807, 2.05) is 24.3 Å². The number of hydrogen-bond donors (Lipinski definition) is 2. The van der Waals surface area contributed by atoms with Crippen molar-refractivity contribution in [2.75, 3.05) is 5.32 Å². The lowest BCUT2D eigenvalue weighted by Crippen LogP contribution is -2.32. The molecule has 0 spiro atoms. The van der Waals surface area contributed by atoms with Gasteiger partial charge in [0.2, 0.25) is 0 Å². The van der Waals surface area contributed by atoms with E-state index < -0.39 is 11.8 Å². The van der Waals surface area contributed by atoms with Gasteiger partial charge in [0.1, 0.15) is 0 Å². The van der Waals surface area contributed by atoms with Crippen molar-refractivity contribution in [1.82, 2.24) is 5.43 Å². The third kappa shape index (κ3) is 5.59. The van der Waals surface area contributed by atoms with Gasteiger partial charge in [-0.15, -0.1) is 0 Å². The average molecular weight is 378 g/mol. The standard InChI is InChI=1S/C18H17Cl2N3O2/c1-11(2)13-5-3-12(4-6-13)10-21-23-18(25)17(24)22-14-7-8-15(19)16(20)9-14/h3-11H,1-2H3,(H,22,24)(H,23,25)/b21-10-. The Morgan fingerprint density at radius 1 is 1.00 bits per heavy atom. The topological polar surface area (TPSA) is 70.6 Å². The van der Waals surface area contributed by atoms with Crippen LogP contribution in [-0.2, 0) is 9.59 Å². The van der Waals surface area contributed by atoms with E-state index >= 15 is 0 Å². The number of carbonyl (C=O) groups excluding carboxylic acids is 2. The van der Waals surface area contributed by atoms with Crippen LogP contribution in [0.25, 0.3) is 0 Å². The average Bonchev–Trinajstić information content (AvgIpc) is 2.58. The van der Waals surface area contributed by atoms with Crippen LogP contribution in [0.3, 0.4) is 0 Å². The van der Waals surface area contributed by atoms with E-state index in [2.05, 4.69) is 29.7 Å². The molecule has 0 radical (unpaired) electrons. The summed E-state index contributed by atoms with van der Waals surface area (Å²) in [5.74, 6) is -1.30. The minimum Gasteiger partial charge on any atom is -0.318 e. The van der Waals surface area contributed by atoms with E-state index in [1.54, 1.807) is 6.07 Å². The van der Waals surface area contributed by atoms with Crippen molar-refractivity contribution < 1.29 is 9.59 Å². The summed E-state index contributed by atoms with van der Waals surface area (Å²) in [5, 5.41) is 6.83. The summed E-state index contributed by atoms with van der Waals surface area (Å²) < 4.78 is 0. The van der Waals surface area contributed by atoms with Crippen LogP contribution in [0.5, 0.6) is 0 Å². The van der Waals surface area contributed by atoms with Crippen LogP contribution in [0.4, 0.5) is 5.69 Å². The molecular weight excluding hydrogens is 361 g/mol. The van der Waals surface area contributed by atoms with Crippen LogP contribution in [-0.4, -0.2) is 18.0 Å². The van der Waals surface area contributed by atoms with Crippen LogP contribution < -0.4 is 10.7 Å². The van der Waals surface area contributed by atoms with Crippen molar-refractivity contribution in [3.63, 3.8) is 0 Å². The minimum absolute atomic E-state index is 0.280. The molecule has 0 aliphatic carbocycles. The summed E-state index contributed by atoms with van der Waals surface area (Å²) in [7, 11) is 0.